The van der Waals surface area contributed by atoms with Crippen LogP contribution in [0.25, 0.3) is 11.0 Å². The summed E-state index contributed by atoms with van der Waals surface area (Å²) in [7, 11) is 1.65. The standard InChI is InChI=1S/C21H23N3O5/c1-12(20(25)24(3)11-19-23-22-13(2)28-19)27-14-8-9-16-15-6-4-5-7-17(15)21(26)29-18(16)10-14/h8-10,12H,4-7,11H2,1-3H3. The number of amides is 1. The van der Waals surface area contributed by atoms with E-state index in [4.69, 9.17) is 13.6 Å². The molecule has 0 saturated carbocycles. The van der Waals surface area contributed by atoms with Crippen molar-refractivity contribution < 1.29 is 18.4 Å². The van der Waals surface area contributed by atoms with Crippen molar-refractivity contribution >= 4 is 16.9 Å². The molecule has 2 aromatic heterocycles. The second-order valence-electron chi connectivity index (χ2n) is 7.38. The number of aromatic nitrogens is 2. The molecule has 0 N–H and O–H groups in total. The van der Waals surface area contributed by atoms with Gasteiger partial charge >= 0.3 is 5.63 Å². The first kappa shape index (κ1) is 19.2. The lowest BCUT2D eigenvalue weighted by Crippen LogP contribution is -2.37. The van der Waals surface area contributed by atoms with Crippen LogP contribution in [0.3, 0.4) is 0 Å². The summed E-state index contributed by atoms with van der Waals surface area (Å²) in [5.74, 6) is 1.06. The molecular formula is C21H23N3O5. The van der Waals surface area contributed by atoms with Crippen LogP contribution < -0.4 is 10.4 Å². The molecule has 1 aliphatic rings. The number of carbonyl (C=O) groups is 1. The zero-order valence-corrected chi connectivity index (χ0v) is 16.7. The largest absolute Gasteiger partial charge is 0.481 e. The van der Waals surface area contributed by atoms with Crippen molar-refractivity contribution in [1.82, 2.24) is 15.1 Å². The highest BCUT2D eigenvalue weighted by molar-refractivity contribution is 5.83. The minimum atomic E-state index is -0.731. The number of rotatable bonds is 5. The molecule has 3 aromatic rings. The van der Waals surface area contributed by atoms with Crippen LogP contribution in [0.1, 0.15) is 42.7 Å². The van der Waals surface area contributed by atoms with Crippen molar-refractivity contribution in [3.05, 3.63) is 51.5 Å². The van der Waals surface area contributed by atoms with E-state index in [1.165, 1.54) is 4.90 Å². The molecule has 4 rings (SSSR count). The van der Waals surface area contributed by atoms with Crippen molar-refractivity contribution in [1.29, 1.82) is 0 Å². The van der Waals surface area contributed by atoms with Gasteiger partial charge in [-0.05, 0) is 50.3 Å². The monoisotopic (exact) mass is 397 g/mol. The van der Waals surface area contributed by atoms with Crippen molar-refractivity contribution in [2.45, 2.75) is 52.2 Å². The summed E-state index contributed by atoms with van der Waals surface area (Å²) in [6, 6.07) is 5.39. The molecule has 0 saturated heterocycles. The molecule has 1 aromatic carbocycles. The van der Waals surface area contributed by atoms with Gasteiger partial charge < -0.3 is 18.5 Å². The van der Waals surface area contributed by atoms with Gasteiger partial charge in [-0.2, -0.15) is 0 Å². The van der Waals surface area contributed by atoms with Gasteiger partial charge in [0.25, 0.3) is 5.91 Å². The zero-order chi connectivity index (χ0) is 20.5. The summed E-state index contributed by atoms with van der Waals surface area (Å²) < 4.78 is 16.6. The Morgan fingerprint density at radius 1 is 1.21 bits per heavy atom. The highest BCUT2D eigenvalue weighted by Crippen LogP contribution is 2.29. The summed E-state index contributed by atoms with van der Waals surface area (Å²) in [5, 5.41) is 8.59. The van der Waals surface area contributed by atoms with Crippen LogP contribution in [0.5, 0.6) is 5.75 Å². The predicted molar refractivity (Wildman–Crippen MR) is 105 cm³/mol. The van der Waals surface area contributed by atoms with Gasteiger partial charge in [-0.1, -0.05) is 0 Å². The number of hydrogen-bond donors (Lipinski definition) is 0. The molecule has 0 bridgehead atoms. The lowest BCUT2D eigenvalue weighted by molar-refractivity contribution is -0.137. The van der Waals surface area contributed by atoms with Gasteiger partial charge in [0.1, 0.15) is 11.3 Å². The Balaban J connectivity index is 1.51. The number of benzene rings is 1. The van der Waals surface area contributed by atoms with Crippen molar-refractivity contribution in [2.24, 2.45) is 0 Å². The molecule has 1 atom stereocenters. The molecule has 0 spiro atoms. The van der Waals surface area contributed by atoms with Gasteiger partial charge in [-0.15, -0.1) is 10.2 Å². The lowest BCUT2D eigenvalue weighted by atomic mass is 9.91. The van der Waals surface area contributed by atoms with Gasteiger partial charge in [0.15, 0.2) is 6.10 Å². The van der Waals surface area contributed by atoms with Gasteiger partial charge in [0, 0.05) is 31.0 Å². The third-order valence-electron chi connectivity index (χ3n) is 5.17. The molecule has 0 aliphatic heterocycles. The van der Waals surface area contributed by atoms with E-state index in [2.05, 4.69) is 10.2 Å². The second kappa shape index (κ2) is 7.69. The van der Waals surface area contributed by atoms with E-state index < -0.39 is 6.10 Å². The van der Waals surface area contributed by atoms with E-state index in [0.717, 1.165) is 42.2 Å². The Morgan fingerprint density at radius 2 is 1.97 bits per heavy atom. The van der Waals surface area contributed by atoms with E-state index in [0.29, 0.717) is 23.1 Å². The fourth-order valence-electron chi connectivity index (χ4n) is 3.75. The first-order valence-electron chi connectivity index (χ1n) is 9.71. The third-order valence-corrected chi connectivity index (χ3v) is 5.17. The van der Waals surface area contributed by atoms with Crippen LogP contribution >= 0.6 is 0 Å². The van der Waals surface area contributed by atoms with Crippen LogP contribution in [-0.2, 0) is 24.2 Å². The third kappa shape index (κ3) is 3.87. The molecule has 2 heterocycles. The molecule has 8 nitrogen and oxygen atoms in total. The van der Waals surface area contributed by atoms with E-state index in [9.17, 15) is 9.59 Å². The van der Waals surface area contributed by atoms with Crippen molar-refractivity contribution in [3.63, 3.8) is 0 Å². The van der Waals surface area contributed by atoms with Crippen molar-refractivity contribution in [3.8, 4) is 5.75 Å². The molecule has 1 aliphatic carbocycles. The van der Waals surface area contributed by atoms with Gasteiger partial charge in [-0.25, -0.2) is 4.79 Å². The smallest absolute Gasteiger partial charge is 0.339 e. The van der Waals surface area contributed by atoms with Crippen LogP contribution in [0.15, 0.2) is 31.8 Å². The Kier molecular flexibility index (Phi) is 5.08. The van der Waals surface area contributed by atoms with Crippen LogP contribution in [0, 0.1) is 6.92 Å². The lowest BCUT2D eigenvalue weighted by Gasteiger charge is -2.21. The van der Waals surface area contributed by atoms with Crippen LogP contribution in [-0.4, -0.2) is 34.2 Å². The second-order valence-corrected chi connectivity index (χ2v) is 7.38. The summed E-state index contributed by atoms with van der Waals surface area (Å²) in [6.07, 6.45) is 3.00. The van der Waals surface area contributed by atoms with Gasteiger partial charge in [-0.3, -0.25) is 4.79 Å². The number of hydrogen-bond acceptors (Lipinski definition) is 7. The minimum Gasteiger partial charge on any atom is -0.481 e. The average Bonchev–Trinajstić information content (AvgIpc) is 3.12. The first-order valence-corrected chi connectivity index (χ1v) is 9.71. The normalized spacial score (nSPS) is 14.4. The summed E-state index contributed by atoms with van der Waals surface area (Å²) in [4.78, 5) is 26.4. The number of ether oxygens (including phenoxy) is 1. The molecule has 0 fully saturated rings. The summed E-state index contributed by atoms with van der Waals surface area (Å²) in [5.41, 5.74) is 2.08. The number of nitrogens with zero attached hydrogens (tertiary/aromatic N) is 3. The van der Waals surface area contributed by atoms with Crippen molar-refractivity contribution in [2.75, 3.05) is 7.05 Å². The highest BCUT2D eigenvalue weighted by atomic mass is 16.5. The first-order chi connectivity index (χ1) is 13.9. The number of fused-ring (bicyclic) bond motifs is 3. The fraction of sp³-hybridized carbons (Fsp3) is 0.429. The maximum absolute atomic E-state index is 12.6. The predicted octanol–water partition coefficient (Wildman–Crippen LogP) is 2.79. The van der Waals surface area contributed by atoms with E-state index in [-0.39, 0.29) is 18.1 Å². The Bertz CT molecular complexity index is 1120. The van der Waals surface area contributed by atoms with Crippen LogP contribution in [0.2, 0.25) is 0 Å². The molecular weight excluding hydrogens is 374 g/mol. The quantitative estimate of drug-likeness (QED) is 0.611. The molecule has 1 amide bonds. The summed E-state index contributed by atoms with van der Waals surface area (Å²) in [6.45, 7) is 3.57. The Labute approximate surface area is 167 Å². The van der Waals surface area contributed by atoms with E-state index in [1.807, 2.05) is 12.1 Å². The van der Waals surface area contributed by atoms with Gasteiger partial charge in [0.05, 0.1) is 6.54 Å². The molecule has 8 heteroatoms. The molecule has 152 valence electrons. The number of carbonyl (C=O) groups excluding carboxylic acids is 1. The maximum atomic E-state index is 12.6. The average molecular weight is 397 g/mol. The zero-order valence-electron chi connectivity index (χ0n) is 16.7. The maximum Gasteiger partial charge on any atom is 0.339 e. The molecule has 0 radical (unpaired) electrons. The Morgan fingerprint density at radius 3 is 2.69 bits per heavy atom. The fourth-order valence-corrected chi connectivity index (χ4v) is 3.75. The molecule has 1 unspecified atom stereocenters. The van der Waals surface area contributed by atoms with Crippen LogP contribution in [0.4, 0.5) is 0 Å². The SMILES string of the molecule is Cc1nnc(CN(C)C(=O)C(C)Oc2ccc3c4c(c(=O)oc3c2)CCCC4)o1. The molecule has 29 heavy (non-hydrogen) atoms. The van der Waals surface area contributed by atoms with E-state index in [1.54, 1.807) is 27.0 Å². The van der Waals surface area contributed by atoms with E-state index >= 15 is 0 Å². The van der Waals surface area contributed by atoms with Gasteiger partial charge in [0.2, 0.25) is 11.8 Å². The number of likely N-dealkylation sites (N-methyl/N-ethyl adjacent to an activating group) is 1. The summed E-state index contributed by atoms with van der Waals surface area (Å²) >= 11 is 0. The number of aryl methyl sites for hydroxylation is 2. The highest BCUT2D eigenvalue weighted by Gasteiger charge is 2.22. The topological polar surface area (TPSA) is 98.7 Å². The Hall–Kier alpha value is -3.16. The minimum absolute atomic E-state index is 0.201.